The standard InChI is InChI=1S/C14H9F3O3/c15-10-4-1-8(2-5-10)11-6-3-9(13(18)19)7-12(11)20-14(16)17/h1-7,14H,(H,18,19). The normalized spacial score (nSPS) is 10.6. The van der Waals surface area contributed by atoms with Gasteiger partial charge in [0.15, 0.2) is 0 Å². The maximum Gasteiger partial charge on any atom is 0.387 e. The van der Waals surface area contributed by atoms with E-state index in [0.29, 0.717) is 5.56 Å². The Bertz CT molecular complexity index is 624. The lowest BCUT2D eigenvalue weighted by Crippen LogP contribution is -2.05. The lowest BCUT2D eigenvalue weighted by atomic mass is 10.0. The molecule has 0 unspecified atom stereocenters. The van der Waals surface area contributed by atoms with Gasteiger partial charge in [0.05, 0.1) is 5.56 Å². The predicted molar refractivity (Wildman–Crippen MR) is 65.4 cm³/mol. The molecule has 0 aliphatic carbocycles. The van der Waals surface area contributed by atoms with Crippen LogP contribution in [0.2, 0.25) is 0 Å². The average molecular weight is 282 g/mol. The maximum atomic E-state index is 12.9. The molecular formula is C14H9F3O3. The van der Waals surface area contributed by atoms with Crippen LogP contribution in [0.25, 0.3) is 11.1 Å². The predicted octanol–water partition coefficient (Wildman–Crippen LogP) is 3.79. The number of alkyl halides is 2. The zero-order valence-corrected chi connectivity index (χ0v) is 10.0. The second kappa shape index (κ2) is 5.64. The Morgan fingerprint density at radius 2 is 1.75 bits per heavy atom. The van der Waals surface area contributed by atoms with E-state index in [1.54, 1.807) is 0 Å². The smallest absolute Gasteiger partial charge is 0.387 e. The lowest BCUT2D eigenvalue weighted by Gasteiger charge is -2.11. The molecule has 3 nitrogen and oxygen atoms in total. The van der Waals surface area contributed by atoms with Crippen molar-refractivity contribution in [3.63, 3.8) is 0 Å². The van der Waals surface area contributed by atoms with E-state index in [1.807, 2.05) is 0 Å². The summed E-state index contributed by atoms with van der Waals surface area (Å²) in [6.45, 7) is -3.08. The third-order valence-corrected chi connectivity index (χ3v) is 2.60. The van der Waals surface area contributed by atoms with Crippen LogP contribution in [0.15, 0.2) is 42.5 Å². The highest BCUT2D eigenvalue weighted by molar-refractivity contribution is 5.89. The van der Waals surface area contributed by atoms with Crippen LogP contribution in [0, 0.1) is 5.82 Å². The van der Waals surface area contributed by atoms with Gasteiger partial charge in [0.1, 0.15) is 11.6 Å². The zero-order valence-electron chi connectivity index (χ0n) is 10.0. The minimum atomic E-state index is -3.08. The molecule has 0 saturated heterocycles. The van der Waals surface area contributed by atoms with Crippen molar-refractivity contribution in [2.24, 2.45) is 0 Å². The first-order valence-electron chi connectivity index (χ1n) is 5.55. The van der Waals surface area contributed by atoms with Gasteiger partial charge < -0.3 is 9.84 Å². The van der Waals surface area contributed by atoms with Gasteiger partial charge in [-0.3, -0.25) is 0 Å². The summed E-state index contributed by atoms with van der Waals surface area (Å²) in [4.78, 5) is 10.8. The summed E-state index contributed by atoms with van der Waals surface area (Å²) < 4.78 is 42.0. The molecule has 0 bridgehead atoms. The van der Waals surface area contributed by atoms with Crippen molar-refractivity contribution in [1.29, 1.82) is 0 Å². The van der Waals surface area contributed by atoms with Crippen molar-refractivity contribution in [2.75, 3.05) is 0 Å². The van der Waals surface area contributed by atoms with Gasteiger partial charge in [-0.15, -0.1) is 0 Å². The highest BCUT2D eigenvalue weighted by atomic mass is 19.3. The molecule has 0 amide bonds. The summed E-state index contributed by atoms with van der Waals surface area (Å²) in [5, 5.41) is 8.85. The molecule has 0 saturated carbocycles. The first kappa shape index (κ1) is 13.9. The van der Waals surface area contributed by atoms with Crippen molar-refractivity contribution < 1.29 is 27.8 Å². The zero-order chi connectivity index (χ0) is 14.7. The Balaban J connectivity index is 2.50. The number of carboxylic acids is 1. The molecule has 1 N–H and O–H groups in total. The molecule has 0 spiro atoms. The van der Waals surface area contributed by atoms with Gasteiger partial charge in [-0.1, -0.05) is 12.1 Å². The Morgan fingerprint density at radius 3 is 2.30 bits per heavy atom. The summed E-state index contributed by atoms with van der Waals surface area (Å²) in [6, 6.07) is 8.74. The number of hydrogen-bond donors (Lipinski definition) is 1. The van der Waals surface area contributed by atoms with Gasteiger partial charge in [-0.25, -0.2) is 9.18 Å². The number of benzene rings is 2. The second-order valence-electron chi connectivity index (χ2n) is 3.90. The Kier molecular flexibility index (Phi) is 3.93. The van der Waals surface area contributed by atoms with E-state index >= 15 is 0 Å². The SMILES string of the molecule is O=C(O)c1ccc(-c2ccc(F)cc2)c(OC(F)F)c1. The molecule has 2 aromatic carbocycles. The van der Waals surface area contributed by atoms with Crippen LogP contribution in [0.3, 0.4) is 0 Å². The quantitative estimate of drug-likeness (QED) is 0.928. The molecule has 0 aliphatic rings. The lowest BCUT2D eigenvalue weighted by molar-refractivity contribution is -0.0495. The molecule has 2 aromatic rings. The van der Waals surface area contributed by atoms with E-state index in [9.17, 15) is 18.0 Å². The van der Waals surface area contributed by atoms with Gasteiger partial charge in [-0.05, 0) is 35.9 Å². The van der Waals surface area contributed by atoms with Crippen LogP contribution >= 0.6 is 0 Å². The molecule has 20 heavy (non-hydrogen) atoms. The van der Waals surface area contributed by atoms with Gasteiger partial charge in [-0.2, -0.15) is 8.78 Å². The van der Waals surface area contributed by atoms with E-state index in [-0.39, 0.29) is 16.9 Å². The molecule has 0 radical (unpaired) electrons. The van der Waals surface area contributed by atoms with Crippen LogP contribution in [0.4, 0.5) is 13.2 Å². The molecular weight excluding hydrogens is 273 g/mol. The molecule has 104 valence electrons. The highest BCUT2D eigenvalue weighted by Gasteiger charge is 2.14. The van der Waals surface area contributed by atoms with Crippen LogP contribution in [-0.2, 0) is 0 Å². The van der Waals surface area contributed by atoms with Crippen molar-refractivity contribution in [3.8, 4) is 16.9 Å². The van der Waals surface area contributed by atoms with Gasteiger partial charge >= 0.3 is 12.6 Å². The molecule has 0 aliphatic heterocycles. The summed E-state index contributed by atoms with van der Waals surface area (Å²) >= 11 is 0. The number of hydrogen-bond acceptors (Lipinski definition) is 2. The number of halogens is 3. The number of ether oxygens (including phenoxy) is 1. The van der Waals surface area contributed by atoms with E-state index in [0.717, 1.165) is 6.07 Å². The van der Waals surface area contributed by atoms with Crippen molar-refractivity contribution in [1.82, 2.24) is 0 Å². The van der Waals surface area contributed by atoms with Crippen molar-refractivity contribution >= 4 is 5.97 Å². The van der Waals surface area contributed by atoms with Gasteiger partial charge in [0.2, 0.25) is 0 Å². The van der Waals surface area contributed by atoms with Crippen LogP contribution < -0.4 is 4.74 Å². The highest BCUT2D eigenvalue weighted by Crippen LogP contribution is 2.32. The van der Waals surface area contributed by atoms with E-state index in [2.05, 4.69) is 4.74 Å². The molecule has 6 heteroatoms. The number of rotatable bonds is 4. The van der Waals surface area contributed by atoms with Crippen molar-refractivity contribution in [3.05, 3.63) is 53.8 Å². The fraction of sp³-hybridized carbons (Fsp3) is 0.0714. The summed E-state index contributed by atoms with van der Waals surface area (Å²) in [5.41, 5.74) is 0.529. The monoisotopic (exact) mass is 282 g/mol. The Labute approximate surface area is 112 Å². The van der Waals surface area contributed by atoms with E-state index in [4.69, 9.17) is 5.11 Å². The number of carbonyl (C=O) groups is 1. The molecule has 0 atom stereocenters. The number of aromatic carboxylic acids is 1. The average Bonchev–Trinajstić information content (AvgIpc) is 2.39. The van der Waals surface area contributed by atoms with E-state index in [1.165, 1.54) is 36.4 Å². The summed E-state index contributed by atoms with van der Waals surface area (Å²) in [6.07, 6.45) is 0. The molecule has 0 fully saturated rings. The summed E-state index contributed by atoms with van der Waals surface area (Å²) in [5.74, 6) is -1.99. The van der Waals surface area contributed by atoms with Gasteiger partial charge in [0, 0.05) is 5.56 Å². The molecule has 2 rings (SSSR count). The van der Waals surface area contributed by atoms with Crippen molar-refractivity contribution in [2.45, 2.75) is 6.61 Å². The summed E-state index contributed by atoms with van der Waals surface area (Å²) in [7, 11) is 0. The molecule has 0 heterocycles. The first-order chi connectivity index (χ1) is 9.47. The fourth-order valence-corrected chi connectivity index (χ4v) is 1.72. The van der Waals surface area contributed by atoms with Crippen LogP contribution in [0.1, 0.15) is 10.4 Å². The third-order valence-electron chi connectivity index (χ3n) is 2.60. The van der Waals surface area contributed by atoms with E-state index < -0.39 is 18.4 Å². The largest absolute Gasteiger partial charge is 0.478 e. The Morgan fingerprint density at radius 1 is 1.10 bits per heavy atom. The first-order valence-corrected chi connectivity index (χ1v) is 5.55. The fourth-order valence-electron chi connectivity index (χ4n) is 1.72. The minimum absolute atomic E-state index is 0.175. The third kappa shape index (κ3) is 3.09. The van der Waals surface area contributed by atoms with Crippen LogP contribution in [0.5, 0.6) is 5.75 Å². The van der Waals surface area contributed by atoms with Gasteiger partial charge in [0.25, 0.3) is 0 Å². The number of carboxylic acid groups (broad SMARTS) is 1. The second-order valence-corrected chi connectivity index (χ2v) is 3.90. The Hall–Kier alpha value is -2.50. The van der Waals surface area contributed by atoms with Crippen LogP contribution in [-0.4, -0.2) is 17.7 Å². The molecule has 0 aromatic heterocycles. The topological polar surface area (TPSA) is 46.5 Å². The maximum absolute atomic E-state index is 12.9. The minimum Gasteiger partial charge on any atom is -0.478 e.